The lowest BCUT2D eigenvalue weighted by molar-refractivity contribution is -0.121. The molecule has 0 saturated heterocycles. The molecule has 1 amide bonds. The minimum absolute atomic E-state index is 0.0627. The van der Waals surface area contributed by atoms with Crippen LogP contribution in [0.3, 0.4) is 0 Å². The van der Waals surface area contributed by atoms with E-state index in [-0.39, 0.29) is 5.91 Å². The van der Waals surface area contributed by atoms with Gasteiger partial charge in [0.05, 0.1) is 6.33 Å². The van der Waals surface area contributed by atoms with Crippen LogP contribution in [0.25, 0.3) is 11.2 Å². The number of halogens is 1. The second-order valence-electron chi connectivity index (χ2n) is 4.87. The number of fused-ring (bicyclic) bond motifs is 1. The number of carbonyl (C=O) groups excluding carboxylic acids is 1. The van der Waals surface area contributed by atoms with Crippen LogP contribution in [0.4, 0.5) is 5.82 Å². The van der Waals surface area contributed by atoms with Gasteiger partial charge in [-0.2, -0.15) is 0 Å². The number of H-pyrrole nitrogens is 1. The molecule has 23 heavy (non-hydrogen) atoms. The van der Waals surface area contributed by atoms with E-state index in [0.717, 1.165) is 11.1 Å². The molecule has 0 fully saturated rings. The summed E-state index contributed by atoms with van der Waals surface area (Å²) < 4.78 is 0. The lowest BCUT2D eigenvalue weighted by Crippen LogP contribution is -2.25. The van der Waals surface area contributed by atoms with Gasteiger partial charge in [-0.25, -0.2) is 15.0 Å². The molecule has 7 nitrogen and oxygen atoms in total. The zero-order chi connectivity index (χ0) is 16.1. The number of benzene rings is 1. The van der Waals surface area contributed by atoms with Crippen molar-refractivity contribution < 1.29 is 4.79 Å². The number of hydrogen-bond acceptors (Lipinski definition) is 5. The minimum atomic E-state index is -0.0627. The molecule has 3 aromatic rings. The maximum Gasteiger partial charge on any atom is 0.222 e. The van der Waals surface area contributed by atoms with Gasteiger partial charge in [0.15, 0.2) is 11.5 Å². The molecule has 0 saturated carbocycles. The summed E-state index contributed by atoms with van der Waals surface area (Å²) in [4.78, 5) is 27.1. The minimum Gasteiger partial charge on any atom is -0.368 e. The van der Waals surface area contributed by atoms with Crippen LogP contribution in [-0.2, 0) is 11.3 Å². The Morgan fingerprint density at radius 1 is 1.22 bits per heavy atom. The van der Waals surface area contributed by atoms with Gasteiger partial charge in [0, 0.05) is 24.5 Å². The Morgan fingerprint density at radius 2 is 2.09 bits per heavy atom. The lowest BCUT2D eigenvalue weighted by Gasteiger charge is -2.08. The topological polar surface area (TPSA) is 95.6 Å². The van der Waals surface area contributed by atoms with Crippen molar-refractivity contribution in [1.29, 1.82) is 0 Å². The summed E-state index contributed by atoms with van der Waals surface area (Å²) in [6.45, 7) is 0.871. The fraction of sp³-hybridized carbons (Fsp3) is 0.200. The first-order chi connectivity index (χ1) is 11.2. The van der Waals surface area contributed by atoms with Crippen LogP contribution in [-0.4, -0.2) is 32.4 Å². The van der Waals surface area contributed by atoms with Crippen molar-refractivity contribution in [2.75, 3.05) is 11.9 Å². The Bertz CT molecular complexity index is 818. The van der Waals surface area contributed by atoms with Crippen LogP contribution in [0.15, 0.2) is 36.9 Å². The first-order valence-electron chi connectivity index (χ1n) is 7.12. The molecule has 0 atom stereocenters. The van der Waals surface area contributed by atoms with E-state index in [4.69, 9.17) is 11.6 Å². The highest BCUT2D eigenvalue weighted by Gasteiger charge is 2.07. The molecule has 2 heterocycles. The molecular formula is C15H15ClN6O. The van der Waals surface area contributed by atoms with Crippen molar-refractivity contribution in [3.05, 3.63) is 47.5 Å². The maximum atomic E-state index is 11.9. The lowest BCUT2D eigenvalue weighted by atomic mass is 10.2. The molecule has 0 unspecified atom stereocenters. The van der Waals surface area contributed by atoms with Crippen molar-refractivity contribution in [2.45, 2.75) is 13.0 Å². The van der Waals surface area contributed by atoms with E-state index in [1.807, 2.05) is 18.2 Å². The summed E-state index contributed by atoms with van der Waals surface area (Å²) in [6.07, 6.45) is 3.31. The number of imidazole rings is 1. The molecule has 0 aliphatic heterocycles. The van der Waals surface area contributed by atoms with E-state index in [1.54, 1.807) is 12.4 Å². The largest absolute Gasteiger partial charge is 0.368 e. The Morgan fingerprint density at radius 3 is 2.96 bits per heavy atom. The molecule has 3 rings (SSSR count). The van der Waals surface area contributed by atoms with Gasteiger partial charge in [-0.05, 0) is 11.6 Å². The standard InChI is InChI=1S/C15H15ClN6O/c16-11-4-2-1-3-10(11)7-18-12(23)5-6-17-14-13-15(20-8-19-13)22-9-21-14/h1-4,8-9H,5-7H2,(H,18,23)(H2,17,19,20,21,22). The Labute approximate surface area is 137 Å². The number of aromatic nitrogens is 4. The molecule has 0 radical (unpaired) electrons. The molecule has 0 aliphatic rings. The molecule has 0 bridgehead atoms. The monoisotopic (exact) mass is 330 g/mol. The molecule has 2 aromatic heterocycles. The van der Waals surface area contributed by atoms with Crippen LogP contribution >= 0.6 is 11.6 Å². The number of rotatable bonds is 6. The van der Waals surface area contributed by atoms with Gasteiger partial charge in [0.2, 0.25) is 5.91 Å². The molecule has 118 valence electrons. The SMILES string of the molecule is O=C(CCNc1ncnc2nc[nH]c12)NCc1ccccc1Cl. The predicted molar refractivity (Wildman–Crippen MR) is 88.1 cm³/mol. The van der Waals surface area contributed by atoms with Gasteiger partial charge >= 0.3 is 0 Å². The van der Waals surface area contributed by atoms with Crippen molar-refractivity contribution in [3.63, 3.8) is 0 Å². The number of nitrogens with one attached hydrogen (secondary N) is 3. The van der Waals surface area contributed by atoms with Gasteiger partial charge in [-0.3, -0.25) is 4.79 Å². The third-order valence-corrected chi connectivity index (χ3v) is 3.67. The molecule has 0 spiro atoms. The Hall–Kier alpha value is -2.67. The average molecular weight is 331 g/mol. The Balaban J connectivity index is 1.48. The summed E-state index contributed by atoms with van der Waals surface area (Å²) in [5, 5.41) is 6.59. The summed E-state index contributed by atoms with van der Waals surface area (Å²) in [7, 11) is 0. The highest BCUT2D eigenvalue weighted by Crippen LogP contribution is 2.15. The molecular weight excluding hydrogens is 316 g/mol. The normalized spacial score (nSPS) is 10.7. The van der Waals surface area contributed by atoms with Crippen LogP contribution in [0, 0.1) is 0 Å². The van der Waals surface area contributed by atoms with Gasteiger partial charge < -0.3 is 15.6 Å². The van der Waals surface area contributed by atoms with E-state index in [1.165, 1.54) is 6.33 Å². The number of carbonyl (C=O) groups is 1. The predicted octanol–water partition coefficient (Wildman–Crippen LogP) is 2.12. The van der Waals surface area contributed by atoms with E-state index >= 15 is 0 Å². The summed E-state index contributed by atoms with van der Waals surface area (Å²) in [5.74, 6) is 0.568. The van der Waals surface area contributed by atoms with Crippen LogP contribution < -0.4 is 10.6 Å². The van der Waals surface area contributed by atoms with E-state index < -0.39 is 0 Å². The summed E-state index contributed by atoms with van der Waals surface area (Å²) >= 11 is 6.05. The average Bonchev–Trinajstić information content (AvgIpc) is 3.03. The zero-order valence-electron chi connectivity index (χ0n) is 12.2. The quantitative estimate of drug-likeness (QED) is 0.643. The zero-order valence-corrected chi connectivity index (χ0v) is 13.0. The highest BCUT2D eigenvalue weighted by molar-refractivity contribution is 6.31. The van der Waals surface area contributed by atoms with Crippen LogP contribution in [0.2, 0.25) is 5.02 Å². The molecule has 8 heteroatoms. The van der Waals surface area contributed by atoms with Crippen molar-refractivity contribution >= 4 is 34.5 Å². The molecule has 0 aliphatic carbocycles. The van der Waals surface area contributed by atoms with E-state index in [2.05, 4.69) is 30.6 Å². The first-order valence-corrected chi connectivity index (χ1v) is 7.50. The third kappa shape index (κ3) is 3.75. The first kappa shape index (κ1) is 15.2. The number of amides is 1. The molecule has 3 N–H and O–H groups in total. The van der Waals surface area contributed by atoms with Crippen molar-refractivity contribution in [2.24, 2.45) is 0 Å². The smallest absolute Gasteiger partial charge is 0.222 e. The fourth-order valence-corrected chi connectivity index (χ4v) is 2.32. The van der Waals surface area contributed by atoms with E-state index in [9.17, 15) is 4.79 Å². The van der Waals surface area contributed by atoms with Gasteiger partial charge in [0.1, 0.15) is 11.8 Å². The van der Waals surface area contributed by atoms with Crippen molar-refractivity contribution in [3.8, 4) is 0 Å². The number of hydrogen-bond donors (Lipinski definition) is 3. The van der Waals surface area contributed by atoms with Gasteiger partial charge in [-0.15, -0.1) is 0 Å². The maximum absolute atomic E-state index is 11.9. The van der Waals surface area contributed by atoms with Gasteiger partial charge in [0.25, 0.3) is 0 Å². The summed E-state index contributed by atoms with van der Waals surface area (Å²) in [6, 6.07) is 7.43. The second-order valence-corrected chi connectivity index (χ2v) is 5.28. The number of aromatic amines is 1. The fourth-order valence-electron chi connectivity index (χ4n) is 2.12. The van der Waals surface area contributed by atoms with Crippen LogP contribution in [0.1, 0.15) is 12.0 Å². The summed E-state index contributed by atoms with van der Waals surface area (Å²) in [5.41, 5.74) is 2.21. The van der Waals surface area contributed by atoms with E-state index in [0.29, 0.717) is 36.0 Å². The van der Waals surface area contributed by atoms with Crippen LogP contribution in [0.5, 0.6) is 0 Å². The highest BCUT2D eigenvalue weighted by atomic mass is 35.5. The van der Waals surface area contributed by atoms with Gasteiger partial charge in [-0.1, -0.05) is 29.8 Å². The Kier molecular flexibility index (Phi) is 4.68. The second kappa shape index (κ2) is 7.06. The van der Waals surface area contributed by atoms with Crippen molar-refractivity contribution in [1.82, 2.24) is 25.3 Å². The number of anilines is 1. The molecule has 1 aromatic carbocycles. The number of nitrogens with zero attached hydrogens (tertiary/aromatic N) is 3. The third-order valence-electron chi connectivity index (χ3n) is 3.30.